The van der Waals surface area contributed by atoms with Crippen LogP contribution in [0.2, 0.25) is 0 Å². The topological polar surface area (TPSA) is 90.4 Å². The first-order chi connectivity index (χ1) is 10.1. The van der Waals surface area contributed by atoms with Crippen LogP contribution in [0, 0.1) is 0 Å². The molecule has 1 aromatic heterocycles. The highest BCUT2D eigenvalue weighted by Gasteiger charge is 2.13. The molecule has 0 atom stereocenters. The van der Waals surface area contributed by atoms with Gasteiger partial charge in [-0.2, -0.15) is 0 Å². The number of esters is 1. The molecule has 0 fully saturated rings. The van der Waals surface area contributed by atoms with Crippen LogP contribution >= 0.6 is 0 Å². The molecule has 0 amide bonds. The van der Waals surface area contributed by atoms with E-state index >= 15 is 0 Å². The van der Waals surface area contributed by atoms with Crippen LogP contribution in [0.1, 0.15) is 35.9 Å². The summed E-state index contributed by atoms with van der Waals surface area (Å²) in [6.45, 7) is 4.45. The molecule has 6 heteroatoms. The molecule has 0 saturated carbocycles. The van der Waals surface area contributed by atoms with E-state index in [2.05, 4.69) is 10.3 Å². The van der Waals surface area contributed by atoms with Gasteiger partial charge in [-0.05, 0) is 25.1 Å². The van der Waals surface area contributed by atoms with Gasteiger partial charge < -0.3 is 20.2 Å². The number of nitrogens with zero attached hydrogens (tertiary/aromatic N) is 1. The average Bonchev–Trinajstić information content (AvgIpc) is 2.94. The first-order valence-electron chi connectivity index (χ1n) is 6.88. The van der Waals surface area contributed by atoms with Crippen molar-refractivity contribution in [2.75, 3.05) is 17.7 Å². The normalized spacial score (nSPS) is 10.4. The second kappa shape index (κ2) is 6.78. The molecule has 2 aromatic rings. The number of benzene rings is 1. The van der Waals surface area contributed by atoms with Crippen LogP contribution in [0.5, 0.6) is 0 Å². The summed E-state index contributed by atoms with van der Waals surface area (Å²) >= 11 is 0. The third-order valence-corrected chi connectivity index (χ3v) is 2.92. The second-order valence-electron chi connectivity index (χ2n) is 4.45. The quantitative estimate of drug-likeness (QED) is 0.627. The third kappa shape index (κ3) is 3.75. The minimum absolute atomic E-state index is 0.312. The highest BCUT2D eigenvalue weighted by Crippen LogP contribution is 2.21. The Morgan fingerprint density at radius 1 is 1.43 bits per heavy atom. The van der Waals surface area contributed by atoms with Crippen LogP contribution in [-0.2, 0) is 17.7 Å². The number of nitrogens with one attached hydrogen (secondary N) is 1. The van der Waals surface area contributed by atoms with Gasteiger partial charge in [-0.15, -0.1) is 0 Å². The van der Waals surface area contributed by atoms with Gasteiger partial charge in [-0.25, -0.2) is 9.78 Å². The van der Waals surface area contributed by atoms with Crippen LogP contribution in [-0.4, -0.2) is 17.6 Å². The van der Waals surface area contributed by atoms with Crippen molar-refractivity contribution in [2.45, 2.75) is 26.8 Å². The standard InChI is InChI=1S/C15H19N3O3/c1-3-11-8-18-14(21-11)9-17-13-6-5-10(16)7-12(13)15(19)20-4-2/h5-8,17H,3-4,9,16H2,1-2H3. The molecule has 6 nitrogen and oxygen atoms in total. The van der Waals surface area contributed by atoms with Crippen molar-refractivity contribution in [3.8, 4) is 0 Å². The number of aryl methyl sites for hydroxylation is 1. The van der Waals surface area contributed by atoms with E-state index in [1.54, 1.807) is 31.3 Å². The van der Waals surface area contributed by atoms with Crippen LogP contribution < -0.4 is 11.1 Å². The van der Waals surface area contributed by atoms with Gasteiger partial charge in [0.1, 0.15) is 5.76 Å². The Balaban J connectivity index is 2.13. The summed E-state index contributed by atoms with van der Waals surface area (Å²) in [4.78, 5) is 16.1. The number of hydrogen-bond donors (Lipinski definition) is 2. The number of carbonyl (C=O) groups excluding carboxylic acids is 1. The minimum Gasteiger partial charge on any atom is -0.462 e. The molecule has 21 heavy (non-hydrogen) atoms. The van der Waals surface area contributed by atoms with Gasteiger partial charge in [-0.1, -0.05) is 6.92 Å². The molecule has 0 saturated heterocycles. The summed E-state index contributed by atoms with van der Waals surface area (Å²) in [6, 6.07) is 5.05. The summed E-state index contributed by atoms with van der Waals surface area (Å²) in [5.74, 6) is 0.988. The van der Waals surface area contributed by atoms with Gasteiger partial charge >= 0.3 is 5.97 Å². The number of nitrogen functional groups attached to an aromatic ring is 1. The lowest BCUT2D eigenvalue weighted by molar-refractivity contribution is 0.0527. The van der Waals surface area contributed by atoms with Gasteiger partial charge in [0.2, 0.25) is 5.89 Å². The molecule has 0 aliphatic rings. The molecular formula is C15H19N3O3. The van der Waals surface area contributed by atoms with E-state index in [1.165, 1.54) is 0 Å². The zero-order valence-corrected chi connectivity index (χ0v) is 12.2. The number of hydrogen-bond acceptors (Lipinski definition) is 6. The minimum atomic E-state index is -0.408. The number of ether oxygens (including phenoxy) is 1. The van der Waals surface area contributed by atoms with Gasteiger partial charge in [0.25, 0.3) is 0 Å². The lowest BCUT2D eigenvalue weighted by atomic mass is 10.1. The van der Waals surface area contributed by atoms with Crippen LogP contribution in [0.3, 0.4) is 0 Å². The van der Waals surface area contributed by atoms with E-state index in [0.29, 0.717) is 36.0 Å². The fourth-order valence-electron chi connectivity index (χ4n) is 1.86. The van der Waals surface area contributed by atoms with Crippen molar-refractivity contribution in [3.05, 3.63) is 41.6 Å². The van der Waals surface area contributed by atoms with Crippen molar-refractivity contribution < 1.29 is 13.9 Å². The zero-order valence-electron chi connectivity index (χ0n) is 12.2. The number of anilines is 2. The molecule has 0 spiro atoms. The summed E-state index contributed by atoms with van der Waals surface area (Å²) in [5.41, 5.74) is 7.27. The molecule has 112 valence electrons. The van der Waals surface area contributed by atoms with E-state index in [-0.39, 0.29) is 0 Å². The van der Waals surface area contributed by atoms with E-state index < -0.39 is 5.97 Å². The second-order valence-corrected chi connectivity index (χ2v) is 4.45. The zero-order chi connectivity index (χ0) is 15.2. The van der Waals surface area contributed by atoms with Crippen LogP contribution in [0.25, 0.3) is 0 Å². The van der Waals surface area contributed by atoms with Crippen molar-refractivity contribution in [1.82, 2.24) is 4.98 Å². The average molecular weight is 289 g/mol. The fourth-order valence-corrected chi connectivity index (χ4v) is 1.86. The van der Waals surface area contributed by atoms with Gasteiger partial charge in [-0.3, -0.25) is 0 Å². The lowest BCUT2D eigenvalue weighted by Gasteiger charge is -2.11. The summed E-state index contributed by atoms with van der Waals surface area (Å²) < 4.78 is 10.5. The molecule has 1 heterocycles. The van der Waals surface area contributed by atoms with E-state index in [4.69, 9.17) is 14.9 Å². The van der Waals surface area contributed by atoms with Crippen LogP contribution in [0.4, 0.5) is 11.4 Å². The number of oxazole rings is 1. The molecule has 0 unspecified atom stereocenters. The Morgan fingerprint density at radius 2 is 2.24 bits per heavy atom. The predicted molar refractivity (Wildman–Crippen MR) is 80.0 cm³/mol. The maximum absolute atomic E-state index is 11.9. The Bertz CT molecular complexity index is 622. The van der Waals surface area contributed by atoms with Gasteiger partial charge in [0.05, 0.1) is 24.9 Å². The molecule has 0 aliphatic heterocycles. The van der Waals surface area contributed by atoms with Crippen molar-refractivity contribution >= 4 is 17.3 Å². The van der Waals surface area contributed by atoms with Gasteiger partial charge in [0.15, 0.2) is 0 Å². The maximum atomic E-state index is 11.9. The van der Waals surface area contributed by atoms with Crippen molar-refractivity contribution in [1.29, 1.82) is 0 Å². The van der Waals surface area contributed by atoms with Gasteiger partial charge in [0, 0.05) is 17.8 Å². The Labute approximate surface area is 123 Å². The third-order valence-electron chi connectivity index (χ3n) is 2.92. The smallest absolute Gasteiger partial charge is 0.340 e. The Morgan fingerprint density at radius 3 is 2.90 bits per heavy atom. The van der Waals surface area contributed by atoms with Crippen molar-refractivity contribution in [2.24, 2.45) is 0 Å². The summed E-state index contributed by atoms with van der Waals surface area (Å²) in [7, 11) is 0. The Hall–Kier alpha value is -2.50. The highest BCUT2D eigenvalue weighted by molar-refractivity contribution is 5.96. The molecule has 0 radical (unpaired) electrons. The molecule has 3 N–H and O–H groups in total. The summed E-state index contributed by atoms with van der Waals surface area (Å²) in [5, 5.41) is 3.12. The van der Waals surface area contributed by atoms with E-state index in [1.807, 2.05) is 6.92 Å². The SMILES string of the molecule is CCOC(=O)c1cc(N)ccc1NCc1ncc(CC)o1. The molecule has 2 rings (SSSR count). The first kappa shape index (κ1) is 14.9. The highest BCUT2D eigenvalue weighted by atomic mass is 16.5. The van der Waals surface area contributed by atoms with E-state index in [0.717, 1.165) is 12.2 Å². The lowest BCUT2D eigenvalue weighted by Crippen LogP contribution is -2.10. The maximum Gasteiger partial charge on any atom is 0.340 e. The number of nitrogens with two attached hydrogens (primary N) is 1. The predicted octanol–water partition coefficient (Wildman–Crippen LogP) is 2.61. The molecule has 1 aromatic carbocycles. The van der Waals surface area contributed by atoms with Crippen molar-refractivity contribution in [3.63, 3.8) is 0 Å². The molecule has 0 bridgehead atoms. The monoisotopic (exact) mass is 289 g/mol. The van der Waals surface area contributed by atoms with Crippen LogP contribution in [0.15, 0.2) is 28.8 Å². The number of rotatable bonds is 6. The Kier molecular flexibility index (Phi) is 4.81. The molecule has 0 aliphatic carbocycles. The van der Waals surface area contributed by atoms with E-state index in [9.17, 15) is 4.79 Å². The number of aromatic nitrogens is 1. The first-order valence-corrected chi connectivity index (χ1v) is 6.88. The summed E-state index contributed by atoms with van der Waals surface area (Å²) in [6.07, 6.45) is 2.50. The molecular weight excluding hydrogens is 270 g/mol. The largest absolute Gasteiger partial charge is 0.462 e. The fraction of sp³-hybridized carbons (Fsp3) is 0.333. The number of carbonyl (C=O) groups is 1.